The van der Waals surface area contributed by atoms with Crippen molar-refractivity contribution in [1.82, 2.24) is 0 Å². The maximum Gasteiger partial charge on any atom is 0.528 e. The summed E-state index contributed by atoms with van der Waals surface area (Å²) in [5.74, 6) is -2.69. The summed E-state index contributed by atoms with van der Waals surface area (Å²) >= 11 is 0. The average molecular weight is 437 g/mol. The Morgan fingerprint density at radius 2 is 0.893 bits per heavy atom. The molecule has 0 fully saturated rings. The molecule has 12 heteroatoms. The Morgan fingerprint density at radius 1 is 0.643 bits per heavy atom. The topological polar surface area (TPSA) is 130 Å². The van der Waals surface area contributed by atoms with Gasteiger partial charge in [-0.05, 0) is 24.2 Å². The molecule has 2 N–H and O–H groups in total. The zero-order valence-corrected chi connectivity index (χ0v) is 18.9. The summed E-state index contributed by atoms with van der Waals surface area (Å²) in [7, 11) is 2.34. The van der Waals surface area contributed by atoms with Crippen LogP contribution in [-0.2, 0) is 36.1 Å². The van der Waals surface area contributed by atoms with Gasteiger partial charge in [-0.25, -0.2) is 9.59 Å². The highest BCUT2D eigenvalue weighted by Crippen LogP contribution is 2.18. The van der Waals surface area contributed by atoms with Crippen molar-refractivity contribution in [2.75, 3.05) is 42.7 Å². The molecule has 0 atom stereocenters. The number of carbonyl (C=O) groups is 2. The smallest absolute Gasteiger partial charge is 0.478 e. The molecule has 0 aliphatic heterocycles. The van der Waals surface area contributed by atoms with Gasteiger partial charge in [-0.15, -0.1) is 0 Å². The second-order valence-corrected chi connectivity index (χ2v) is 10.7. The van der Waals surface area contributed by atoms with Gasteiger partial charge in [0.2, 0.25) is 0 Å². The van der Waals surface area contributed by atoms with Crippen molar-refractivity contribution in [3.05, 3.63) is 34.7 Å². The quantitative estimate of drug-likeness (QED) is 0.302. The molecule has 0 rings (SSSR count). The highest BCUT2D eigenvalue weighted by molar-refractivity contribution is 6.66. The zero-order chi connectivity index (χ0) is 21.8. The summed E-state index contributed by atoms with van der Waals surface area (Å²) in [6, 6.07) is 0. The Labute approximate surface area is 166 Å². The van der Waals surface area contributed by atoms with Crippen LogP contribution in [0, 0.1) is 0 Å². The summed E-state index contributed by atoms with van der Waals surface area (Å²) in [6.07, 6.45) is 2.60. The minimum atomic E-state index is -3.05. The lowest BCUT2D eigenvalue weighted by Crippen LogP contribution is -2.41. The Morgan fingerprint density at radius 3 is 1.07 bits per heavy atom. The minimum Gasteiger partial charge on any atom is -0.478 e. The number of carboxylic acids is 2. The van der Waals surface area contributed by atoms with Crippen LogP contribution in [0.3, 0.4) is 0 Å². The minimum absolute atomic E-state index is 0.156. The van der Waals surface area contributed by atoms with Crippen molar-refractivity contribution in [2.24, 2.45) is 0 Å². The third-order valence-electron chi connectivity index (χ3n) is 3.88. The fraction of sp³-hybridized carbons (Fsp3) is 0.500. The van der Waals surface area contributed by atoms with E-state index < -0.39 is 29.5 Å². The molecular formula is C16H28O10Si2. The van der Waals surface area contributed by atoms with E-state index in [0.717, 1.165) is 0 Å². The lowest BCUT2D eigenvalue weighted by Gasteiger charge is -2.20. The SMILES string of the molecule is CO[Si](C=CC/C(C(=O)O)=C(/CC=C[Si](OC)(OC)OC)C(=O)O)(OC)OC. The van der Waals surface area contributed by atoms with Gasteiger partial charge in [-0.1, -0.05) is 12.2 Å². The van der Waals surface area contributed by atoms with E-state index in [2.05, 4.69) is 0 Å². The number of carboxylic acid groups (broad SMARTS) is 2. The van der Waals surface area contributed by atoms with Crippen molar-refractivity contribution in [2.45, 2.75) is 12.8 Å². The van der Waals surface area contributed by atoms with Gasteiger partial charge in [0.15, 0.2) is 0 Å². The highest BCUT2D eigenvalue weighted by atomic mass is 28.4. The monoisotopic (exact) mass is 436 g/mol. The molecule has 28 heavy (non-hydrogen) atoms. The Balaban J connectivity index is 5.72. The predicted molar refractivity (Wildman–Crippen MR) is 103 cm³/mol. The number of allylic oxidation sites excluding steroid dienone is 2. The van der Waals surface area contributed by atoms with E-state index in [-0.39, 0.29) is 24.0 Å². The summed E-state index contributed by atoms with van der Waals surface area (Å²) in [5.41, 5.74) is 2.42. The van der Waals surface area contributed by atoms with Crippen LogP contribution in [0.2, 0.25) is 0 Å². The molecule has 0 saturated heterocycles. The fourth-order valence-electron chi connectivity index (χ4n) is 2.23. The fourth-order valence-corrected chi connectivity index (χ4v) is 4.86. The molecule has 160 valence electrons. The highest BCUT2D eigenvalue weighted by Gasteiger charge is 2.35. The molecule has 0 aliphatic rings. The lowest BCUT2D eigenvalue weighted by molar-refractivity contribution is -0.136. The van der Waals surface area contributed by atoms with E-state index in [1.807, 2.05) is 0 Å². The normalized spacial score (nSPS) is 13.9. The number of hydrogen-bond donors (Lipinski definition) is 2. The van der Waals surface area contributed by atoms with Gasteiger partial charge in [0.1, 0.15) is 0 Å². The molecule has 0 radical (unpaired) electrons. The molecule has 0 spiro atoms. The van der Waals surface area contributed by atoms with Gasteiger partial charge >= 0.3 is 29.5 Å². The molecule has 0 aromatic heterocycles. The van der Waals surface area contributed by atoms with Gasteiger partial charge in [0, 0.05) is 42.7 Å². The van der Waals surface area contributed by atoms with Gasteiger partial charge in [-0.2, -0.15) is 0 Å². The Bertz CT molecular complexity index is 538. The van der Waals surface area contributed by atoms with Crippen LogP contribution in [0.1, 0.15) is 12.8 Å². The van der Waals surface area contributed by atoms with Gasteiger partial charge in [-0.3, -0.25) is 0 Å². The lowest BCUT2D eigenvalue weighted by atomic mass is 10.0. The summed E-state index contributed by atoms with van der Waals surface area (Å²) < 4.78 is 31.2. The van der Waals surface area contributed by atoms with E-state index in [1.54, 1.807) is 0 Å². The number of rotatable bonds is 14. The Kier molecular flexibility index (Phi) is 12.0. The first-order valence-electron chi connectivity index (χ1n) is 8.05. The van der Waals surface area contributed by atoms with Crippen LogP contribution >= 0.6 is 0 Å². The summed E-state index contributed by atoms with van der Waals surface area (Å²) in [6.45, 7) is 0. The van der Waals surface area contributed by atoms with Crippen molar-refractivity contribution in [3.63, 3.8) is 0 Å². The van der Waals surface area contributed by atoms with E-state index in [1.165, 1.54) is 66.2 Å². The molecule has 0 heterocycles. The van der Waals surface area contributed by atoms with E-state index >= 15 is 0 Å². The van der Waals surface area contributed by atoms with Crippen LogP contribution in [0.15, 0.2) is 34.7 Å². The van der Waals surface area contributed by atoms with E-state index in [9.17, 15) is 19.8 Å². The molecule has 0 aromatic rings. The van der Waals surface area contributed by atoms with Gasteiger partial charge in [0.05, 0.1) is 11.1 Å². The van der Waals surface area contributed by atoms with Gasteiger partial charge < -0.3 is 36.8 Å². The largest absolute Gasteiger partial charge is 0.528 e. The first kappa shape index (κ1) is 26.4. The molecule has 0 saturated carbocycles. The Hall–Kier alpha value is -1.65. The third-order valence-corrected chi connectivity index (χ3v) is 8.58. The van der Waals surface area contributed by atoms with Crippen molar-refractivity contribution < 1.29 is 46.4 Å². The summed E-state index contributed by atoms with van der Waals surface area (Å²) in [5, 5.41) is 18.9. The molecule has 0 unspecified atom stereocenters. The standard InChI is InChI=1S/C16H28O10Si2/c1-21-27(22-2,23-3)11-7-9-13(15(17)18)14(16(19)20)10-8-12-28(24-4,25-5)26-6/h7-8,11-12H,9-10H2,1-6H3,(H,17,18)(H,19,20)/b11-7?,12-8?,14-13+. The van der Waals surface area contributed by atoms with Crippen molar-refractivity contribution in [3.8, 4) is 0 Å². The molecule has 0 aliphatic carbocycles. The number of aliphatic carboxylic acids is 2. The average Bonchev–Trinajstić information content (AvgIpc) is 2.70. The van der Waals surface area contributed by atoms with Crippen LogP contribution in [-0.4, -0.2) is 82.4 Å². The van der Waals surface area contributed by atoms with Crippen LogP contribution in [0.25, 0.3) is 0 Å². The van der Waals surface area contributed by atoms with E-state index in [0.29, 0.717) is 0 Å². The zero-order valence-electron chi connectivity index (χ0n) is 16.9. The van der Waals surface area contributed by atoms with Crippen LogP contribution in [0.5, 0.6) is 0 Å². The third kappa shape index (κ3) is 7.40. The van der Waals surface area contributed by atoms with Crippen LogP contribution < -0.4 is 0 Å². The van der Waals surface area contributed by atoms with Crippen molar-refractivity contribution >= 4 is 29.5 Å². The molecule has 10 nitrogen and oxygen atoms in total. The first-order valence-corrected chi connectivity index (χ1v) is 11.7. The molecule has 0 amide bonds. The second kappa shape index (κ2) is 12.7. The first-order chi connectivity index (χ1) is 13.2. The van der Waals surface area contributed by atoms with Gasteiger partial charge in [0.25, 0.3) is 0 Å². The molecular weight excluding hydrogens is 408 g/mol. The van der Waals surface area contributed by atoms with Crippen molar-refractivity contribution in [1.29, 1.82) is 0 Å². The van der Waals surface area contributed by atoms with Crippen LogP contribution in [0.4, 0.5) is 0 Å². The second-order valence-electron chi connectivity index (χ2n) is 5.21. The van der Waals surface area contributed by atoms with E-state index in [4.69, 9.17) is 26.6 Å². The molecule has 0 bridgehead atoms. The number of hydrogen-bond acceptors (Lipinski definition) is 8. The molecule has 0 aromatic carbocycles. The predicted octanol–water partition coefficient (Wildman–Crippen LogP) is 1.18. The maximum absolute atomic E-state index is 11.6. The summed E-state index contributed by atoms with van der Waals surface area (Å²) in [4.78, 5) is 23.2. The maximum atomic E-state index is 11.6.